The van der Waals surface area contributed by atoms with Gasteiger partial charge in [-0.25, -0.2) is 9.37 Å². The molecule has 0 aromatic carbocycles. The lowest BCUT2D eigenvalue weighted by Gasteiger charge is -2.05. The Balaban J connectivity index is 1.85. The largest absolute Gasteiger partial charge is 0.317 e. The number of amides is 1. The van der Waals surface area contributed by atoms with Gasteiger partial charge in [0.15, 0.2) is 0 Å². The molecule has 0 spiro atoms. The maximum absolute atomic E-state index is 12.8. The quantitative estimate of drug-likeness (QED) is 0.772. The van der Waals surface area contributed by atoms with Crippen LogP contribution in [-0.2, 0) is 0 Å². The molecule has 2 N–H and O–H groups in total. The number of pyridine rings is 2. The second-order valence-electron chi connectivity index (χ2n) is 4.19. The summed E-state index contributed by atoms with van der Waals surface area (Å²) in [6.07, 6.45) is 4.11. The topological polar surface area (TPSA) is 83.6 Å². The van der Waals surface area contributed by atoms with Crippen LogP contribution in [0.4, 0.5) is 10.1 Å². The van der Waals surface area contributed by atoms with E-state index in [2.05, 4.69) is 25.5 Å². The highest BCUT2D eigenvalue weighted by molar-refractivity contribution is 6.04. The maximum Gasteiger partial charge on any atom is 0.274 e. The molecule has 3 aromatic heterocycles. The molecule has 104 valence electrons. The average molecular weight is 283 g/mol. The highest BCUT2D eigenvalue weighted by Crippen LogP contribution is 2.23. The van der Waals surface area contributed by atoms with Crippen molar-refractivity contribution in [1.29, 1.82) is 0 Å². The number of aromatic amines is 1. The Hall–Kier alpha value is -3.09. The molecule has 0 aliphatic heterocycles. The third-order valence-electron chi connectivity index (χ3n) is 2.77. The zero-order chi connectivity index (χ0) is 14.7. The zero-order valence-corrected chi connectivity index (χ0v) is 10.7. The molecule has 0 saturated heterocycles. The highest BCUT2D eigenvalue weighted by Gasteiger charge is 2.13. The van der Waals surface area contributed by atoms with Crippen LogP contribution in [0.1, 0.15) is 10.5 Å². The van der Waals surface area contributed by atoms with Gasteiger partial charge in [0.1, 0.15) is 17.2 Å². The number of hydrogen-bond acceptors (Lipinski definition) is 4. The second-order valence-corrected chi connectivity index (χ2v) is 4.19. The summed E-state index contributed by atoms with van der Waals surface area (Å²) in [5.74, 6) is -0.947. The molecule has 3 heterocycles. The molecular formula is C14H10FN5O. The van der Waals surface area contributed by atoms with E-state index in [9.17, 15) is 9.18 Å². The Morgan fingerprint density at radius 2 is 2.05 bits per heavy atom. The number of carbonyl (C=O) groups is 1. The smallest absolute Gasteiger partial charge is 0.274 e. The van der Waals surface area contributed by atoms with Gasteiger partial charge in [0, 0.05) is 6.20 Å². The van der Waals surface area contributed by atoms with E-state index in [4.69, 9.17) is 0 Å². The van der Waals surface area contributed by atoms with Crippen molar-refractivity contribution in [3.63, 3.8) is 0 Å². The SMILES string of the molecule is O=C(Nc1cn[nH]c1-c1ccccn1)c1ccc(F)cn1. The monoisotopic (exact) mass is 283 g/mol. The van der Waals surface area contributed by atoms with Crippen molar-refractivity contribution in [1.82, 2.24) is 20.2 Å². The number of nitrogens with one attached hydrogen (secondary N) is 2. The number of halogens is 1. The zero-order valence-electron chi connectivity index (χ0n) is 10.7. The highest BCUT2D eigenvalue weighted by atomic mass is 19.1. The van der Waals surface area contributed by atoms with Crippen LogP contribution < -0.4 is 5.32 Å². The molecule has 0 bridgehead atoms. The Kier molecular flexibility index (Phi) is 3.38. The minimum atomic E-state index is -0.496. The van der Waals surface area contributed by atoms with Crippen molar-refractivity contribution in [2.24, 2.45) is 0 Å². The molecule has 21 heavy (non-hydrogen) atoms. The summed E-state index contributed by atoms with van der Waals surface area (Å²) in [7, 11) is 0. The molecule has 7 heteroatoms. The summed E-state index contributed by atoms with van der Waals surface area (Å²) >= 11 is 0. The van der Waals surface area contributed by atoms with Crippen molar-refractivity contribution in [3.05, 3.63) is 60.4 Å². The molecule has 0 fully saturated rings. The van der Waals surface area contributed by atoms with Gasteiger partial charge < -0.3 is 5.32 Å². The van der Waals surface area contributed by atoms with Crippen molar-refractivity contribution >= 4 is 11.6 Å². The second kappa shape index (κ2) is 5.49. The Labute approximate surface area is 119 Å². The number of aromatic nitrogens is 4. The lowest BCUT2D eigenvalue weighted by Crippen LogP contribution is -2.13. The summed E-state index contributed by atoms with van der Waals surface area (Å²) in [6.45, 7) is 0. The van der Waals surface area contributed by atoms with Gasteiger partial charge in [0.25, 0.3) is 5.91 Å². The van der Waals surface area contributed by atoms with Gasteiger partial charge >= 0.3 is 0 Å². The average Bonchev–Trinajstić information content (AvgIpc) is 2.97. The van der Waals surface area contributed by atoms with E-state index >= 15 is 0 Å². The number of hydrogen-bond donors (Lipinski definition) is 2. The third-order valence-corrected chi connectivity index (χ3v) is 2.77. The van der Waals surface area contributed by atoms with E-state index in [-0.39, 0.29) is 5.69 Å². The minimum absolute atomic E-state index is 0.115. The van der Waals surface area contributed by atoms with Crippen molar-refractivity contribution < 1.29 is 9.18 Å². The Bertz CT molecular complexity index is 755. The maximum atomic E-state index is 12.8. The Morgan fingerprint density at radius 1 is 1.14 bits per heavy atom. The van der Waals surface area contributed by atoms with E-state index in [1.807, 2.05) is 6.07 Å². The van der Waals surface area contributed by atoms with Gasteiger partial charge in [-0.15, -0.1) is 0 Å². The van der Waals surface area contributed by atoms with Crippen LogP contribution >= 0.6 is 0 Å². The summed E-state index contributed by atoms with van der Waals surface area (Å²) in [6, 6.07) is 7.90. The van der Waals surface area contributed by atoms with Crippen LogP contribution in [0.2, 0.25) is 0 Å². The van der Waals surface area contributed by atoms with Gasteiger partial charge in [-0.2, -0.15) is 5.10 Å². The normalized spacial score (nSPS) is 10.3. The first kappa shape index (κ1) is 12.9. The number of rotatable bonds is 3. The van der Waals surface area contributed by atoms with Gasteiger partial charge in [-0.05, 0) is 24.3 Å². The van der Waals surface area contributed by atoms with Gasteiger partial charge in [-0.3, -0.25) is 14.9 Å². The number of nitrogens with zero attached hydrogens (tertiary/aromatic N) is 3. The fraction of sp³-hybridized carbons (Fsp3) is 0. The predicted molar refractivity (Wildman–Crippen MR) is 74.0 cm³/mol. The summed E-state index contributed by atoms with van der Waals surface area (Å²) in [4.78, 5) is 20.0. The fourth-order valence-electron chi connectivity index (χ4n) is 1.78. The minimum Gasteiger partial charge on any atom is -0.317 e. The lowest BCUT2D eigenvalue weighted by molar-refractivity contribution is 0.102. The van der Waals surface area contributed by atoms with Gasteiger partial charge in [0.05, 0.1) is 23.8 Å². The molecule has 0 atom stereocenters. The van der Waals surface area contributed by atoms with Gasteiger partial charge in [0.2, 0.25) is 0 Å². The van der Waals surface area contributed by atoms with Crippen LogP contribution in [-0.4, -0.2) is 26.1 Å². The number of anilines is 1. The van der Waals surface area contributed by atoms with Crippen molar-refractivity contribution in [2.45, 2.75) is 0 Å². The first-order valence-corrected chi connectivity index (χ1v) is 6.12. The van der Waals surface area contributed by atoms with Crippen LogP contribution in [0.3, 0.4) is 0 Å². The molecule has 3 aromatic rings. The van der Waals surface area contributed by atoms with Crippen LogP contribution in [0.25, 0.3) is 11.4 Å². The lowest BCUT2D eigenvalue weighted by atomic mass is 10.2. The predicted octanol–water partition coefficient (Wildman–Crippen LogP) is 2.26. The van der Waals surface area contributed by atoms with E-state index in [1.165, 1.54) is 18.3 Å². The van der Waals surface area contributed by atoms with E-state index in [0.717, 1.165) is 6.20 Å². The fourth-order valence-corrected chi connectivity index (χ4v) is 1.78. The van der Waals surface area contributed by atoms with Gasteiger partial charge in [-0.1, -0.05) is 6.07 Å². The molecule has 1 amide bonds. The van der Waals surface area contributed by atoms with Crippen LogP contribution in [0.15, 0.2) is 48.9 Å². The standard InChI is InChI=1S/C14H10FN5O/c15-9-4-5-11(17-7-9)14(21)19-12-8-18-20-13(12)10-3-1-2-6-16-10/h1-8H,(H,18,20)(H,19,21). The third kappa shape index (κ3) is 2.76. The first-order chi connectivity index (χ1) is 10.2. The Morgan fingerprint density at radius 3 is 2.76 bits per heavy atom. The van der Waals surface area contributed by atoms with Crippen molar-refractivity contribution in [2.75, 3.05) is 5.32 Å². The first-order valence-electron chi connectivity index (χ1n) is 6.12. The molecule has 3 rings (SSSR count). The molecule has 0 unspecified atom stereocenters. The number of carbonyl (C=O) groups excluding carboxylic acids is 1. The van der Waals surface area contributed by atoms with E-state index < -0.39 is 11.7 Å². The van der Waals surface area contributed by atoms with E-state index in [1.54, 1.807) is 18.3 Å². The molecule has 0 radical (unpaired) electrons. The summed E-state index contributed by atoms with van der Waals surface area (Å²) in [5, 5.41) is 9.35. The van der Waals surface area contributed by atoms with Crippen molar-refractivity contribution in [3.8, 4) is 11.4 Å². The summed E-state index contributed by atoms with van der Waals surface area (Å²) < 4.78 is 12.8. The van der Waals surface area contributed by atoms with Crippen LogP contribution in [0, 0.1) is 5.82 Å². The number of H-pyrrole nitrogens is 1. The molecule has 6 nitrogen and oxygen atoms in total. The van der Waals surface area contributed by atoms with Crippen LogP contribution in [0.5, 0.6) is 0 Å². The summed E-state index contributed by atoms with van der Waals surface area (Å²) in [5.41, 5.74) is 1.83. The molecule has 0 saturated carbocycles. The molecule has 0 aliphatic carbocycles. The molecular weight excluding hydrogens is 273 g/mol. The molecule has 0 aliphatic rings. The van der Waals surface area contributed by atoms with E-state index in [0.29, 0.717) is 17.1 Å².